The van der Waals surface area contributed by atoms with Crippen LogP contribution in [0.1, 0.15) is 26.0 Å². The van der Waals surface area contributed by atoms with E-state index in [9.17, 15) is 23.2 Å². The largest absolute Gasteiger partial charge is 0.489 e. The molecular weight excluding hydrogens is 546 g/mol. The number of hydrogen-bond donors (Lipinski definition) is 4. The summed E-state index contributed by atoms with van der Waals surface area (Å²) in [5.74, 6) is -1.73. The quantitative estimate of drug-likeness (QED) is 0.321. The molecule has 2 heterocycles. The average molecular weight is 579 g/mol. The Hall–Kier alpha value is -3.64. The Morgan fingerprint density at radius 3 is 2.55 bits per heavy atom. The minimum atomic E-state index is -2.80. The second-order valence-electron chi connectivity index (χ2n) is 10.2. The fourth-order valence-corrected chi connectivity index (χ4v) is 4.44. The van der Waals surface area contributed by atoms with Crippen molar-refractivity contribution in [3.8, 4) is 5.75 Å². The van der Waals surface area contributed by atoms with Crippen LogP contribution in [0, 0.1) is 10.8 Å². The van der Waals surface area contributed by atoms with Crippen LogP contribution >= 0.6 is 11.6 Å². The fraction of sp³-hybridized carbons (Fsp3) is 0.444. The minimum Gasteiger partial charge on any atom is -0.489 e. The van der Waals surface area contributed by atoms with Gasteiger partial charge in [0.1, 0.15) is 23.8 Å². The molecule has 2 atom stereocenters. The molecule has 5 N–H and O–H groups in total. The summed E-state index contributed by atoms with van der Waals surface area (Å²) in [5.41, 5.74) is 3.41. The number of aromatic nitrogens is 1. The summed E-state index contributed by atoms with van der Waals surface area (Å²) in [4.78, 5) is 45.5. The number of nitrogens with one attached hydrogen (secondary N) is 3. The lowest BCUT2D eigenvalue weighted by Gasteiger charge is -2.43. The molecular formula is C27H33ClF2N6O4. The number of hydrogen-bond acceptors (Lipinski definition) is 7. The van der Waals surface area contributed by atoms with Gasteiger partial charge in [-0.25, -0.2) is 8.78 Å². The number of carbonyl (C=O) groups is 3. The van der Waals surface area contributed by atoms with Crippen molar-refractivity contribution in [2.24, 2.45) is 11.1 Å². The van der Waals surface area contributed by atoms with Crippen LogP contribution in [0.25, 0.3) is 0 Å². The number of nitrogens with two attached hydrogens (primary N) is 1. The zero-order valence-corrected chi connectivity index (χ0v) is 23.0. The third-order valence-corrected chi connectivity index (χ3v) is 6.79. The highest BCUT2D eigenvalue weighted by molar-refractivity contribution is 6.32. The molecule has 3 amide bonds. The zero-order valence-electron chi connectivity index (χ0n) is 22.3. The van der Waals surface area contributed by atoms with Crippen LogP contribution in [0.5, 0.6) is 5.75 Å². The Balaban J connectivity index is 1.91. The summed E-state index contributed by atoms with van der Waals surface area (Å²) in [6, 6.07) is 10.4. The van der Waals surface area contributed by atoms with E-state index in [1.165, 1.54) is 24.9 Å². The number of likely N-dealkylation sites (tertiary alicyclic amines) is 1. The zero-order chi connectivity index (χ0) is 29.5. The van der Waals surface area contributed by atoms with Gasteiger partial charge in [-0.1, -0.05) is 29.8 Å². The number of ether oxygens (including phenoxy) is 1. The van der Waals surface area contributed by atoms with Gasteiger partial charge in [0, 0.05) is 43.5 Å². The van der Waals surface area contributed by atoms with Crippen molar-refractivity contribution in [3.05, 3.63) is 59.4 Å². The Kier molecular flexibility index (Phi) is 10.2. The van der Waals surface area contributed by atoms with Gasteiger partial charge in [0.15, 0.2) is 0 Å². The van der Waals surface area contributed by atoms with Crippen LogP contribution in [0.3, 0.4) is 0 Å². The number of benzene rings is 1. The molecule has 1 aromatic heterocycles. The first-order valence-electron chi connectivity index (χ1n) is 12.6. The molecule has 1 fully saturated rings. The SMILES string of the molecule is CC(C)(N)C(=O)N[C@H](COc1ccccc1Cl)C(=O)N1CCC(=N)[C@](Cc2ccccn2)(C(=O)NCC(F)F)C1. The van der Waals surface area contributed by atoms with Gasteiger partial charge in [-0.2, -0.15) is 0 Å². The third-order valence-electron chi connectivity index (χ3n) is 6.47. The molecule has 0 spiro atoms. The second-order valence-corrected chi connectivity index (χ2v) is 10.6. The number of halogens is 3. The molecule has 1 saturated heterocycles. The van der Waals surface area contributed by atoms with E-state index in [4.69, 9.17) is 27.5 Å². The van der Waals surface area contributed by atoms with Crippen molar-refractivity contribution in [1.29, 1.82) is 5.41 Å². The average Bonchev–Trinajstić information content (AvgIpc) is 2.91. The summed E-state index contributed by atoms with van der Waals surface area (Å²) in [5, 5.41) is 13.8. The molecule has 0 bridgehead atoms. The maximum atomic E-state index is 13.8. The van der Waals surface area contributed by atoms with Crippen LogP contribution < -0.4 is 21.1 Å². The van der Waals surface area contributed by atoms with Crippen molar-refractivity contribution < 1.29 is 27.9 Å². The molecule has 0 aliphatic carbocycles. The number of amides is 3. The van der Waals surface area contributed by atoms with E-state index in [1.807, 2.05) is 0 Å². The van der Waals surface area contributed by atoms with E-state index in [2.05, 4.69) is 15.6 Å². The number of para-hydroxylation sites is 1. The van der Waals surface area contributed by atoms with Crippen LogP contribution in [-0.2, 0) is 20.8 Å². The Bertz CT molecular complexity index is 1230. The summed E-state index contributed by atoms with van der Waals surface area (Å²) in [6.07, 6.45) is -1.36. The second kappa shape index (κ2) is 13.1. The first-order chi connectivity index (χ1) is 18.8. The molecule has 216 valence electrons. The predicted molar refractivity (Wildman–Crippen MR) is 145 cm³/mol. The lowest BCUT2D eigenvalue weighted by atomic mass is 9.73. The van der Waals surface area contributed by atoms with Gasteiger partial charge in [0.05, 0.1) is 17.1 Å². The van der Waals surface area contributed by atoms with Crippen molar-refractivity contribution in [2.75, 3.05) is 26.2 Å². The van der Waals surface area contributed by atoms with Gasteiger partial charge >= 0.3 is 0 Å². The topological polar surface area (TPSA) is 151 Å². The Morgan fingerprint density at radius 2 is 1.93 bits per heavy atom. The summed E-state index contributed by atoms with van der Waals surface area (Å²) >= 11 is 6.18. The van der Waals surface area contributed by atoms with Gasteiger partial charge in [-0.05, 0) is 38.1 Å². The van der Waals surface area contributed by atoms with E-state index in [1.54, 1.807) is 42.5 Å². The number of nitrogens with zero attached hydrogens (tertiary/aromatic N) is 2. The van der Waals surface area contributed by atoms with Crippen LogP contribution in [0.2, 0.25) is 5.02 Å². The highest BCUT2D eigenvalue weighted by atomic mass is 35.5. The number of rotatable bonds is 11. The maximum Gasteiger partial charge on any atom is 0.255 e. The smallest absolute Gasteiger partial charge is 0.255 e. The van der Waals surface area contributed by atoms with E-state index < -0.39 is 47.7 Å². The number of piperidine rings is 1. The standard InChI is InChI=1S/C27H33ClF2N6O4/c1-26(2,32)24(38)35-19(15-40-20-9-4-3-8-18(20)28)23(37)36-12-10-21(31)27(16-36,25(39)34-14-22(29)30)13-17-7-5-6-11-33-17/h3-9,11,19,22,31H,10,12-16,32H2,1-2H3,(H,34,39)(H,35,38)/t19-,27-/m1/s1. The first kappa shape index (κ1) is 30.9. The molecule has 0 saturated carbocycles. The first-order valence-corrected chi connectivity index (χ1v) is 13.0. The number of alkyl halides is 2. The summed E-state index contributed by atoms with van der Waals surface area (Å²) in [7, 11) is 0. The highest BCUT2D eigenvalue weighted by Gasteiger charge is 2.49. The molecule has 3 rings (SSSR count). The molecule has 1 aliphatic rings. The van der Waals surface area contributed by atoms with Crippen LogP contribution in [0.15, 0.2) is 48.7 Å². The van der Waals surface area contributed by atoms with Gasteiger partial charge in [-0.3, -0.25) is 19.4 Å². The Labute approximate surface area is 236 Å². The van der Waals surface area contributed by atoms with Crippen molar-refractivity contribution in [1.82, 2.24) is 20.5 Å². The fourth-order valence-electron chi connectivity index (χ4n) is 4.25. The van der Waals surface area contributed by atoms with Crippen molar-refractivity contribution in [2.45, 2.75) is 44.7 Å². The monoisotopic (exact) mass is 578 g/mol. The molecule has 1 aromatic carbocycles. The highest BCUT2D eigenvalue weighted by Crippen LogP contribution is 2.32. The molecule has 1 aliphatic heterocycles. The van der Waals surface area contributed by atoms with E-state index >= 15 is 0 Å². The lowest BCUT2D eigenvalue weighted by molar-refractivity contribution is -0.141. The molecule has 40 heavy (non-hydrogen) atoms. The van der Waals surface area contributed by atoms with Gasteiger partial charge in [0.2, 0.25) is 17.7 Å². The van der Waals surface area contributed by atoms with Gasteiger partial charge in [0.25, 0.3) is 6.43 Å². The lowest BCUT2D eigenvalue weighted by Crippen LogP contribution is -2.63. The predicted octanol–water partition coefficient (Wildman–Crippen LogP) is 2.20. The summed E-state index contributed by atoms with van der Waals surface area (Å²) < 4.78 is 31.7. The minimum absolute atomic E-state index is 0.00902. The van der Waals surface area contributed by atoms with Crippen LogP contribution in [0.4, 0.5) is 8.78 Å². The van der Waals surface area contributed by atoms with Crippen molar-refractivity contribution >= 4 is 35.0 Å². The maximum absolute atomic E-state index is 13.8. The van der Waals surface area contributed by atoms with Crippen molar-refractivity contribution in [3.63, 3.8) is 0 Å². The molecule has 0 radical (unpaired) electrons. The number of carbonyl (C=O) groups excluding carboxylic acids is 3. The molecule has 2 aromatic rings. The molecule has 13 heteroatoms. The molecule has 0 unspecified atom stereocenters. The number of pyridine rings is 1. The van der Waals surface area contributed by atoms with E-state index in [0.717, 1.165) is 0 Å². The van der Waals surface area contributed by atoms with E-state index in [-0.39, 0.29) is 38.2 Å². The van der Waals surface area contributed by atoms with Crippen LogP contribution in [-0.4, -0.2) is 77.6 Å². The molecule has 10 nitrogen and oxygen atoms in total. The Morgan fingerprint density at radius 1 is 1.23 bits per heavy atom. The van der Waals surface area contributed by atoms with Gasteiger partial charge in [-0.15, -0.1) is 0 Å². The normalized spacial score (nSPS) is 18.3. The third kappa shape index (κ3) is 7.72. The summed E-state index contributed by atoms with van der Waals surface area (Å²) in [6.45, 7) is 1.52. The van der Waals surface area contributed by atoms with E-state index in [0.29, 0.717) is 16.5 Å². The van der Waals surface area contributed by atoms with Gasteiger partial charge < -0.3 is 31.4 Å².